The van der Waals surface area contributed by atoms with E-state index in [1.54, 1.807) is 37.3 Å². The number of carboxylic acid groups (broad SMARTS) is 1. The van der Waals surface area contributed by atoms with Crippen LogP contribution in [-0.4, -0.2) is 70.0 Å². The van der Waals surface area contributed by atoms with Crippen molar-refractivity contribution in [3.05, 3.63) is 70.9 Å². The number of aliphatic carboxylic acids is 1. The van der Waals surface area contributed by atoms with Crippen LogP contribution < -0.4 is 10.5 Å². The topological polar surface area (TPSA) is 174 Å². The van der Waals surface area contributed by atoms with Crippen LogP contribution >= 0.6 is 7.60 Å². The molecule has 4 aromatic rings. The van der Waals surface area contributed by atoms with Gasteiger partial charge in [0.15, 0.2) is 5.82 Å². The maximum absolute atomic E-state index is 11.0. The molecule has 2 heterocycles. The summed E-state index contributed by atoms with van der Waals surface area (Å²) in [5, 5.41) is 10.1. The van der Waals surface area contributed by atoms with Gasteiger partial charge in [0.25, 0.3) is 0 Å². The smallest absolute Gasteiger partial charge is 0.327 e. The predicted octanol–water partition coefficient (Wildman–Crippen LogP) is 4.07. The minimum atomic E-state index is -4.09. The van der Waals surface area contributed by atoms with Crippen LogP contribution in [0.25, 0.3) is 21.8 Å². The molecule has 11 nitrogen and oxygen atoms in total. The average molecular weight is 602 g/mol. The Balaban J connectivity index is 1.46. The molecule has 0 bridgehead atoms. The monoisotopic (exact) mass is 601 g/mol. The lowest BCUT2D eigenvalue weighted by molar-refractivity contribution is -0.136. The molecule has 0 atom stereocenters. The highest BCUT2D eigenvalue weighted by molar-refractivity contribution is 7.51. The number of aromatic nitrogens is 2. The van der Waals surface area contributed by atoms with Crippen LogP contribution in [0.4, 0.5) is 5.82 Å². The Morgan fingerprint density at radius 2 is 1.74 bits per heavy atom. The Morgan fingerprint density at radius 3 is 2.48 bits per heavy atom. The lowest BCUT2D eigenvalue weighted by Crippen LogP contribution is -2.12. The Hall–Kier alpha value is -3.60. The van der Waals surface area contributed by atoms with Crippen LogP contribution in [-0.2, 0) is 38.0 Å². The number of carboxylic acids is 1. The summed E-state index contributed by atoms with van der Waals surface area (Å²) >= 11 is 0. The maximum Gasteiger partial charge on any atom is 0.327 e. The zero-order valence-corrected chi connectivity index (χ0v) is 24.0. The number of hydrogen-bond donors (Lipinski definition) is 4. The quantitative estimate of drug-likeness (QED) is 0.0828. The fourth-order valence-electron chi connectivity index (χ4n) is 4.16. The van der Waals surface area contributed by atoms with E-state index < -0.39 is 26.3 Å². The van der Waals surface area contributed by atoms with Crippen molar-refractivity contribution in [1.29, 1.82) is 0 Å². The predicted molar refractivity (Wildman–Crippen MR) is 160 cm³/mol. The molecule has 0 aliphatic carbocycles. The summed E-state index contributed by atoms with van der Waals surface area (Å²) in [6.45, 7) is 2.40. The van der Waals surface area contributed by atoms with Crippen molar-refractivity contribution >= 4 is 41.2 Å². The molecule has 0 amide bonds. The minimum Gasteiger partial charge on any atom is -0.491 e. The number of anilines is 1. The van der Waals surface area contributed by atoms with Crippen molar-refractivity contribution in [3.63, 3.8) is 0 Å². The van der Waals surface area contributed by atoms with Crippen molar-refractivity contribution in [2.75, 3.05) is 44.9 Å². The molecule has 12 heteroatoms. The number of nitrogen functional groups attached to an aromatic ring is 1. The number of fused-ring (bicyclic) bond motifs is 3. The summed E-state index contributed by atoms with van der Waals surface area (Å²) in [7, 11) is -4.09. The molecule has 42 heavy (non-hydrogen) atoms. The normalized spacial score (nSPS) is 13.9. The van der Waals surface area contributed by atoms with Crippen LogP contribution in [0.15, 0.2) is 48.7 Å². The van der Waals surface area contributed by atoms with Gasteiger partial charge in [-0.1, -0.05) is 18.2 Å². The number of benzene rings is 2. The number of carbonyl (C=O) groups is 1. The molecule has 0 radical (unpaired) electrons. The summed E-state index contributed by atoms with van der Waals surface area (Å²) in [5.74, 6) is -0.348. The van der Waals surface area contributed by atoms with Crippen LogP contribution in [0.1, 0.15) is 34.2 Å². The molecule has 0 spiro atoms. The third-order valence-electron chi connectivity index (χ3n) is 6.29. The van der Waals surface area contributed by atoms with Gasteiger partial charge >= 0.3 is 13.6 Å². The lowest BCUT2D eigenvalue weighted by atomic mass is 9.99. The summed E-state index contributed by atoms with van der Waals surface area (Å²) in [6, 6.07) is 11.5. The van der Waals surface area contributed by atoms with Crippen molar-refractivity contribution in [2.45, 2.75) is 32.5 Å². The lowest BCUT2D eigenvalue weighted by Gasteiger charge is -2.12. The first kappa shape index (κ1) is 26.1. The Labute approximate surface area is 249 Å². The van der Waals surface area contributed by atoms with E-state index in [-0.39, 0.29) is 62.6 Å². The van der Waals surface area contributed by atoms with Gasteiger partial charge in [-0.3, -0.25) is 14.3 Å². The van der Waals surface area contributed by atoms with Crippen LogP contribution in [0.2, 0.25) is 0 Å². The van der Waals surface area contributed by atoms with Crippen molar-refractivity contribution in [3.8, 4) is 5.75 Å². The van der Waals surface area contributed by atoms with Crippen molar-refractivity contribution in [2.24, 2.45) is 0 Å². The number of nitrogens with two attached hydrogens (primary N) is 1. The maximum atomic E-state index is 11.0. The zero-order valence-electron chi connectivity index (χ0n) is 27.1. The molecular formula is C30H36N3O8P. The first-order valence-electron chi connectivity index (χ1n) is 15.2. The van der Waals surface area contributed by atoms with E-state index in [2.05, 4.69) is 9.97 Å². The highest BCUT2D eigenvalue weighted by atomic mass is 31.2. The second kappa shape index (κ2) is 14.5. The molecule has 0 unspecified atom stereocenters. The van der Waals surface area contributed by atoms with Gasteiger partial charge in [0.1, 0.15) is 17.9 Å². The van der Waals surface area contributed by atoms with Crippen molar-refractivity contribution in [1.82, 2.24) is 9.97 Å². The van der Waals surface area contributed by atoms with E-state index in [4.69, 9.17) is 40.3 Å². The summed E-state index contributed by atoms with van der Waals surface area (Å²) in [4.78, 5) is 37.4. The number of ether oxygens (including phenoxy) is 3. The molecule has 0 saturated carbocycles. The fraction of sp³-hybridized carbons (Fsp3) is 0.367. The van der Waals surface area contributed by atoms with E-state index in [9.17, 15) is 9.36 Å². The standard InChI is InChI=1S/C30H36N3O8P/c1-20-16-24(41-13-12-39-10-11-40-14-15-42(36,37)38)7-6-23(20)5-2-22-17-26-25-8-3-21(4-9-28(34)35)18-27(25)33-30(31)29(26)32-19-22/h3,6-8,16-19H,2,4-5,9-15H2,1H3,(H2,31,33)(H,34,35)(H2,36,37,38)/i2D2,5D2. The van der Waals surface area contributed by atoms with Crippen LogP contribution in [0.3, 0.4) is 0 Å². The van der Waals surface area contributed by atoms with Gasteiger partial charge in [0.05, 0.1) is 38.1 Å². The number of nitrogens with zero attached hydrogens (tertiary/aromatic N) is 2. The number of pyridine rings is 2. The summed E-state index contributed by atoms with van der Waals surface area (Å²) < 4.78 is 62.6. The van der Waals surface area contributed by atoms with E-state index in [1.807, 2.05) is 0 Å². The Kier molecular flexibility index (Phi) is 9.01. The largest absolute Gasteiger partial charge is 0.491 e. The van der Waals surface area contributed by atoms with Crippen LogP contribution in [0, 0.1) is 6.92 Å². The molecule has 0 aliphatic rings. The zero-order chi connectivity index (χ0) is 33.7. The first-order chi connectivity index (χ1) is 21.6. The second-order valence-corrected chi connectivity index (χ2v) is 11.3. The number of hydrogen-bond acceptors (Lipinski definition) is 8. The average Bonchev–Trinajstić information content (AvgIpc) is 2.98. The highest BCUT2D eigenvalue weighted by Gasteiger charge is 2.12. The van der Waals surface area contributed by atoms with Gasteiger partial charge in [0, 0.05) is 28.9 Å². The van der Waals surface area contributed by atoms with Gasteiger partial charge in [0.2, 0.25) is 0 Å². The summed E-state index contributed by atoms with van der Waals surface area (Å²) in [5.41, 5.74) is 8.40. The third kappa shape index (κ3) is 9.20. The molecule has 5 N–H and O–H groups in total. The Morgan fingerprint density at radius 1 is 0.976 bits per heavy atom. The third-order valence-corrected chi connectivity index (χ3v) is 7.05. The number of aryl methyl sites for hydroxylation is 4. The molecule has 0 fully saturated rings. The highest BCUT2D eigenvalue weighted by Crippen LogP contribution is 2.33. The van der Waals surface area contributed by atoms with Crippen LogP contribution in [0.5, 0.6) is 5.75 Å². The van der Waals surface area contributed by atoms with Gasteiger partial charge in [-0.25, -0.2) is 4.98 Å². The van der Waals surface area contributed by atoms with Crippen molar-refractivity contribution < 1.29 is 43.9 Å². The first-order valence-corrected chi connectivity index (χ1v) is 15.0. The fourth-order valence-corrected chi connectivity index (χ4v) is 4.53. The van der Waals surface area contributed by atoms with Gasteiger partial charge in [-0.05, 0) is 72.6 Å². The minimum absolute atomic E-state index is 0.00874. The molecule has 0 aliphatic heterocycles. The Bertz CT molecular complexity index is 1770. The van der Waals surface area contributed by atoms with E-state index in [0.717, 1.165) is 5.56 Å². The van der Waals surface area contributed by atoms with E-state index in [0.29, 0.717) is 39.5 Å². The van der Waals surface area contributed by atoms with Gasteiger partial charge < -0.3 is 34.8 Å². The number of rotatable bonds is 16. The molecule has 224 valence electrons. The van der Waals surface area contributed by atoms with Gasteiger partial charge in [-0.15, -0.1) is 0 Å². The molecular weight excluding hydrogens is 561 g/mol. The summed E-state index contributed by atoms with van der Waals surface area (Å²) in [6.07, 6.45) is -3.82. The molecule has 2 aromatic carbocycles. The van der Waals surface area contributed by atoms with Gasteiger partial charge in [-0.2, -0.15) is 0 Å². The van der Waals surface area contributed by atoms with E-state index in [1.165, 1.54) is 18.3 Å². The van der Waals surface area contributed by atoms with E-state index >= 15 is 0 Å². The molecule has 0 saturated heterocycles. The molecule has 2 aromatic heterocycles. The molecule has 4 rings (SSSR count). The second-order valence-electron chi connectivity index (χ2n) is 9.55. The SMILES string of the molecule is [2H]C([2H])(c1cnc2c(N)nc3cc(CCC(=O)O)ccc3c2c1)C([2H])([2H])c1ccc(OCCOCCOCCP(=O)(O)O)cc1C.